The fourth-order valence-corrected chi connectivity index (χ4v) is 6.38. The van der Waals surface area contributed by atoms with E-state index in [1.54, 1.807) is 6.07 Å². The molecule has 2 nitrogen and oxygen atoms in total. The summed E-state index contributed by atoms with van der Waals surface area (Å²) in [7, 11) is 0. The molecule has 1 saturated heterocycles. The van der Waals surface area contributed by atoms with Gasteiger partial charge in [0.15, 0.2) is 0 Å². The van der Waals surface area contributed by atoms with E-state index >= 15 is 0 Å². The zero-order chi connectivity index (χ0) is 16.8. The lowest BCUT2D eigenvalue weighted by Crippen LogP contribution is -2.70. The average molecular weight is 323 g/mol. The number of nitrogens with zero attached hydrogens (tertiary/aromatic N) is 1. The second-order valence-corrected chi connectivity index (χ2v) is 8.23. The molecule has 2 heteroatoms. The Hall–Kier alpha value is -1.54. The molecule has 2 fully saturated rings. The standard InChI is InChI=1S/C22H29NO/c1-3-12-23(13-4-2)14-11-22-10-6-5-7-19(22)21(23)15-17-8-9-18(24)16-20(17)22/h3-4,8-9,16,19,21H,1-2,5-7,10-15H2/t19-,21+,22+/m0/s1. The summed E-state index contributed by atoms with van der Waals surface area (Å²) < 4.78 is 1.12. The molecule has 0 N–H and O–H groups in total. The van der Waals surface area contributed by atoms with Gasteiger partial charge in [0, 0.05) is 24.2 Å². The maximum Gasteiger partial charge on any atom is 0.0975 e. The van der Waals surface area contributed by atoms with Gasteiger partial charge in [0.1, 0.15) is 0 Å². The van der Waals surface area contributed by atoms with Gasteiger partial charge in [-0.25, -0.2) is 0 Å². The smallest absolute Gasteiger partial charge is 0.0975 e. The average Bonchev–Trinajstić information content (AvgIpc) is 2.59. The van der Waals surface area contributed by atoms with Crippen LogP contribution in [0.3, 0.4) is 0 Å². The molecule has 0 aromatic heterocycles. The molecule has 2 bridgehead atoms. The number of rotatable bonds is 4. The molecule has 0 radical (unpaired) electrons. The minimum Gasteiger partial charge on any atom is -0.872 e. The minimum atomic E-state index is 0.189. The molecule has 1 saturated carbocycles. The van der Waals surface area contributed by atoms with Crippen molar-refractivity contribution in [2.24, 2.45) is 5.92 Å². The van der Waals surface area contributed by atoms with E-state index in [2.05, 4.69) is 31.4 Å². The first-order valence-corrected chi connectivity index (χ1v) is 9.53. The van der Waals surface area contributed by atoms with Gasteiger partial charge in [0.05, 0.1) is 25.7 Å². The van der Waals surface area contributed by atoms with Gasteiger partial charge in [-0.15, -0.1) is 5.75 Å². The predicted molar refractivity (Wildman–Crippen MR) is 96.9 cm³/mol. The van der Waals surface area contributed by atoms with Crippen molar-refractivity contribution in [3.05, 3.63) is 54.6 Å². The molecule has 1 aromatic rings. The molecule has 2 aliphatic carbocycles. The minimum absolute atomic E-state index is 0.189. The highest BCUT2D eigenvalue weighted by Gasteiger charge is 2.59. The SMILES string of the molecule is C=CC[N+]1(CC=C)CC[C@]23CCCC[C@H]2[C@H]1Cc1ccc([O-])cc13. The molecule has 0 unspecified atom stereocenters. The topological polar surface area (TPSA) is 23.1 Å². The van der Waals surface area contributed by atoms with Crippen LogP contribution < -0.4 is 5.11 Å². The Bertz CT molecular complexity index is 654. The van der Waals surface area contributed by atoms with Gasteiger partial charge >= 0.3 is 0 Å². The third kappa shape index (κ3) is 2.12. The van der Waals surface area contributed by atoms with Gasteiger partial charge in [0.25, 0.3) is 0 Å². The molecule has 0 spiro atoms. The molecule has 1 aliphatic heterocycles. The summed E-state index contributed by atoms with van der Waals surface area (Å²) in [5, 5.41) is 12.1. The zero-order valence-corrected chi connectivity index (χ0v) is 14.7. The van der Waals surface area contributed by atoms with E-state index in [9.17, 15) is 5.11 Å². The largest absolute Gasteiger partial charge is 0.872 e. The molecule has 4 rings (SSSR count). The van der Waals surface area contributed by atoms with Crippen molar-refractivity contribution in [2.45, 2.75) is 50.0 Å². The van der Waals surface area contributed by atoms with E-state index in [-0.39, 0.29) is 11.2 Å². The number of likely N-dealkylation sites (tertiary alicyclic amines) is 1. The fraction of sp³-hybridized carbons (Fsp3) is 0.545. The highest BCUT2D eigenvalue weighted by molar-refractivity contribution is 5.44. The second-order valence-electron chi connectivity index (χ2n) is 8.23. The van der Waals surface area contributed by atoms with Gasteiger partial charge in [0.2, 0.25) is 0 Å². The summed E-state index contributed by atoms with van der Waals surface area (Å²) in [5.74, 6) is 0.906. The number of benzene rings is 1. The summed E-state index contributed by atoms with van der Waals surface area (Å²) in [6.45, 7) is 11.4. The van der Waals surface area contributed by atoms with E-state index in [1.807, 2.05) is 6.07 Å². The van der Waals surface area contributed by atoms with Crippen molar-refractivity contribution in [3.63, 3.8) is 0 Å². The Morgan fingerprint density at radius 1 is 1.17 bits per heavy atom. The molecule has 24 heavy (non-hydrogen) atoms. The van der Waals surface area contributed by atoms with Crippen LogP contribution >= 0.6 is 0 Å². The van der Waals surface area contributed by atoms with Crippen molar-refractivity contribution in [2.75, 3.05) is 19.6 Å². The number of quaternary nitrogens is 1. The van der Waals surface area contributed by atoms with Crippen LogP contribution in [0.2, 0.25) is 0 Å². The molecular weight excluding hydrogens is 294 g/mol. The molecule has 128 valence electrons. The highest BCUT2D eigenvalue weighted by Crippen LogP contribution is 2.57. The van der Waals surface area contributed by atoms with E-state index in [4.69, 9.17) is 0 Å². The lowest BCUT2D eigenvalue weighted by Gasteiger charge is -2.62. The van der Waals surface area contributed by atoms with Crippen LogP contribution in [0.1, 0.15) is 43.2 Å². The third-order valence-electron chi connectivity index (χ3n) is 7.30. The third-order valence-corrected chi connectivity index (χ3v) is 7.30. The normalized spacial score (nSPS) is 33.2. The van der Waals surface area contributed by atoms with Crippen molar-refractivity contribution in [1.82, 2.24) is 0 Å². The molecule has 3 aliphatic rings. The Morgan fingerprint density at radius 2 is 1.96 bits per heavy atom. The molecule has 3 atom stereocenters. The first-order valence-electron chi connectivity index (χ1n) is 9.53. The van der Waals surface area contributed by atoms with Gasteiger partial charge < -0.3 is 9.59 Å². The van der Waals surface area contributed by atoms with Crippen molar-refractivity contribution < 1.29 is 9.59 Å². The van der Waals surface area contributed by atoms with Crippen LogP contribution in [0.25, 0.3) is 0 Å². The van der Waals surface area contributed by atoms with Crippen LogP contribution in [-0.2, 0) is 11.8 Å². The molecule has 1 heterocycles. The van der Waals surface area contributed by atoms with E-state index in [0.717, 1.165) is 24.0 Å². The quantitative estimate of drug-likeness (QED) is 0.612. The van der Waals surface area contributed by atoms with Gasteiger partial charge in [-0.3, -0.25) is 0 Å². The first kappa shape index (κ1) is 16.0. The Kier molecular flexibility index (Phi) is 3.84. The highest BCUT2D eigenvalue weighted by atomic mass is 16.3. The van der Waals surface area contributed by atoms with Crippen molar-refractivity contribution in [3.8, 4) is 5.75 Å². The number of hydrogen-bond acceptors (Lipinski definition) is 1. The zero-order valence-electron chi connectivity index (χ0n) is 14.7. The summed E-state index contributed by atoms with van der Waals surface area (Å²) in [4.78, 5) is 0. The van der Waals surface area contributed by atoms with E-state index in [0.29, 0.717) is 12.0 Å². The van der Waals surface area contributed by atoms with Crippen LogP contribution in [0.4, 0.5) is 0 Å². The van der Waals surface area contributed by atoms with Crippen LogP contribution in [-0.4, -0.2) is 30.2 Å². The predicted octanol–water partition coefficient (Wildman–Crippen LogP) is 3.71. The summed E-state index contributed by atoms with van der Waals surface area (Å²) in [6.07, 6.45) is 11.8. The van der Waals surface area contributed by atoms with Crippen molar-refractivity contribution >= 4 is 0 Å². The first-order chi connectivity index (χ1) is 11.6. The fourth-order valence-electron chi connectivity index (χ4n) is 6.38. The van der Waals surface area contributed by atoms with Crippen molar-refractivity contribution in [1.29, 1.82) is 0 Å². The Labute approximate surface area is 146 Å². The summed E-state index contributed by atoms with van der Waals surface area (Å²) in [5.41, 5.74) is 3.11. The number of fused-ring (bicyclic) bond motifs is 1. The summed E-state index contributed by atoms with van der Waals surface area (Å²) in [6, 6.07) is 6.52. The van der Waals surface area contributed by atoms with Crippen LogP contribution in [0.5, 0.6) is 5.75 Å². The maximum atomic E-state index is 12.1. The summed E-state index contributed by atoms with van der Waals surface area (Å²) >= 11 is 0. The van der Waals surface area contributed by atoms with Gasteiger partial charge in [-0.05, 0) is 36.1 Å². The molecular formula is C22H29NO. The van der Waals surface area contributed by atoms with E-state index < -0.39 is 0 Å². The molecule has 0 amide bonds. The lowest BCUT2D eigenvalue weighted by atomic mass is 9.51. The lowest BCUT2D eigenvalue weighted by molar-refractivity contribution is -0.952. The van der Waals surface area contributed by atoms with Crippen LogP contribution in [0.15, 0.2) is 43.5 Å². The number of piperidine rings is 1. The maximum absolute atomic E-state index is 12.1. The Morgan fingerprint density at radius 3 is 2.71 bits per heavy atom. The monoisotopic (exact) mass is 323 g/mol. The van der Waals surface area contributed by atoms with Crippen LogP contribution in [0, 0.1) is 5.92 Å². The molecule has 1 aromatic carbocycles. The van der Waals surface area contributed by atoms with E-state index in [1.165, 1.54) is 49.8 Å². The number of hydrogen-bond donors (Lipinski definition) is 0. The second kappa shape index (κ2) is 5.77. The Balaban J connectivity index is 1.86. The van der Waals surface area contributed by atoms with Gasteiger partial charge in [-0.1, -0.05) is 44.2 Å². The van der Waals surface area contributed by atoms with Gasteiger partial charge in [-0.2, -0.15) is 0 Å².